The van der Waals surface area contributed by atoms with Gasteiger partial charge in [-0.25, -0.2) is 4.39 Å². The smallest absolute Gasteiger partial charge is 0.297 e. The fourth-order valence-electron chi connectivity index (χ4n) is 1.97. The van der Waals surface area contributed by atoms with Crippen molar-refractivity contribution in [2.45, 2.75) is 24.0 Å². The van der Waals surface area contributed by atoms with E-state index in [9.17, 15) is 17.9 Å². The Kier molecular flexibility index (Phi) is 4.74. The number of aliphatic hydroxyl groups excluding tert-OH is 1. The number of benzene rings is 1. The van der Waals surface area contributed by atoms with Crippen LogP contribution in [-0.2, 0) is 14.3 Å². The van der Waals surface area contributed by atoms with Crippen LogP contribution in [0.4, 0.5) is 4.39 Å². The Balaban J connectivity index is 1.96. The third-order valence-electron chi connectivity index (χ3n) is 3.32. The first-order valence-electron chi connectivity index (χ1n) is 6.37. The summed E-state index contributed by atoms with van der Waals surface area (Å²) in [7, 11) is -3.84. The molecule has 1 aromatic carbocycles. The molecular formula is C13H18FNO4S. The van der Waals surface area contributed by atoms with Gasteiger partial charge in [0.25, 0.3) is 10.1 Å². The lowest BCUT2D eigenvalue weighted by atomic mass is 10.1. The first-order valence-corrected chi connectivity index (χ1v) is 7.78. The van der Waals surface area contributed by atoms with E-state index in [4.69, 9.17) is 4.18 Å². The van der Waals surface area contributed by atoms with E-state index in [0.29, 0.717) is 0 Å². The molecule has 1 aliphatic heterocycles. The summed E-state index contributed by atoms with van der Waals surface area (Å²) in [6, 6.07) is 5.81. The summed E-state index contributed by atoms with van der Waals surface area (Å²) < 4.78 is 41.6. The van der Waals surface area contributed by atoms with Gasteiger partial charge in [0.2, 0.25) is 0 Å². The molecule has 5 nitrogen and oxygen atoms in total. The highest BCUT2D eigenvalue weighted by Gasteiger charge is 2.33. The molecule has 0 bridgehead atoms. The van der Waals surface area contributed by atoms with Crippen LogP contribution >= 0.6 is 0 Å². The maximum absolute atomic E-state index is 12.8. The summed E-state index contributed by atoms with van der Waals surface area (Å²) in [6.45, 7) is 1.82. The van der Waals surface area contributed by atoms with Gasteiger partial charge in [0.15, 0.2) is 0 Å². The van der Waals surface area contributed by atoms with Crippen molar-refractivity contribution in [3.05, 3.63) is 29.8 Å². The Bertz CT molecular complexity index is 540. The second-order valence-corrected chi connectivity index (χ2v) is 6.55. The zero-order valence-electron chi connectivity index (χ0n) is 11.2. The van der Waals surface area contributed by atoms with Crippen LogP contribution in [0.5, 0.6) is 0 Å². The van der Waals surface area contributed by atoms with Crippen LogP contribution < -0.4 is 0 Å². The maximum atomic E-state index is 12.8. The van der Waals surface area contributed by atoms with Gasteiger partial charge in [-0.1, -0.05) is 17.7 Å². The Hall–Kier alpha value is -1.02. The minimum Gasteiger partial charge on any atom is -0.395 e. The molecule has 1 fully saturated rings. The minimum atomic E-state index is -3.84. The Morgan fingerprint density at radius 3 is 2.50 bits per heavy atom. The SMILES string of the molecule is Cc1ccc(S(=O)(=O)OCC(CO)N2CC(F)C2)cc1. The van der Waals surface area contributed by atoms with Crippen LogP contribution in [0.15, 0.2) is 29.2 Å². The number of alkyl halides is 1. The van der Waals surface area contributed by atoms with Crippen molar-refractivity contribution >= 4 is 10.1 Å². The van der Waals surface area contributed by atoms with Crippen LogP contribution in [0, 0.1) is 6.92 Å². The number of aliphatic hydroxyl groups is 1. The average molecular weight is 303 g/mol. The number of hydrogen-bond donors (Lipinski definition) is 1. The Morgan fingerprint density at radius 1 is 1.40 bits per heavy atom. The third-order valence-corrected chi connectivity index (χ3v) is 4.61. The standard InChI is InChI=1S/C13H18FNO4S/c1-10-2-4-13(5-3-10)20(17,18)19-9-12(8-16)15-6-11(14)7-15/h2-5,11-12,16H,6-9H2,1H3. The number of likely N-dealkylation sites (tertiary alicyclic amines) is 1. The summed E-state index contributed by atoms with van der Waals surface area (Å²) in [5.41, 5.74) is 0.951. The fraction of sp³-hybridized carbons (Fsp3) is 0.538. The van der Waals surface area contributed by atoms with Crippen LogP contribution in [0.3, 0.4) is 0 Å². The Morgan fingerprint density at radius 2 is 2.00 bits per heavy atom. The molecule has 1 aromatic rings. The molecule has 0 amide bonds. The zero-order valence-corrected chi connectivity index (χ0v) is 12.0. The van der Waals surface area contributed by atoms with E-state index in [1.54, 1.807) is 17.0 Å². The highest BCUT2D eigenvalue weighted by molar-refractivity contribution is 7.86. The monoisotopic (exact) mass is 303 g/mol. The molecule has 7 heteroatoms. The van der Waals surface area contributed by atoms with Gasteiger partial charge in [-0.3, -0.25) is 9.08 Å². The zero-order chi connectivity index (χ0) is 14.8. The maximum Gasteiger partial charge on any atom is 0.297 e. The lowest BCUT2D eigenvalue weighted by Crippen LogP contribution is -2.56. The third kappa shape index (κ3) is 3.54. The molecule has 0 aliphatic carbocycles. The van der Waals surface area contributed by atoms with E-state index >= 15 is 0 Å². The molecule has 1 unspecified atom stereocenters. The highest BCUT2D eigenvalue weighted by Crippen LogP contribution is 2.18. The van der Waals surface area contributed by atoms with Crippen molar-refractivity contribution in [2.75, 3.05) is 26.3 Å². The molecule has 112 valence electrons. The van der Waals surface area contributed by atoms with Gasteiger partial charge in [-0.2, -0.15) is 8.42 Å². The molecule has 1 saturated heterocycles. The lowest BCUT2D eigenvalue weighted by Gasteiger charge is -2.39. The van der Waals surface area contributed by atoms with Crippen molar-refractivity contribution in [1.82, 2.24) is 4.90 Å². The van der Waals surface area contributed by atoms with E-state index in [-0.39, 0.29) is 31.2 Å². The summed E-state index contributed by atoms with van der Waals surface area (Å²) in [6.07, 6.45) is -0.905. The summed E-state index contributed by atoms with van der Waals surface area (Å²) in [4.78, 5) is 1.74. The van der Waals surface area contributed by atoms with Gasteiger partial charge in [0, 0.05) is 13.1 Å². The first kappa shape index (κ1) is 15.4. The molecule has 1 atom stereocenters. The van der Waals surface area contributed by atoms with Crippen molar-refractivity contribution in [2.24, 2.45) is 0 Å². The van der Waals surface area contributed by atoms with Crippen molar-refractivity contribution in [3.8, 4) is 0 Å². The molecule has 2 rings (SSSR count). The quantitative estimate of drug-likeness (QED) is 0.784. The molecular weight excluding hydrogens is 285 g/mol. The minimum absolute atomic E-state index is 0.0757. The van der Waals surface area contributed by atoms with Gasteiger partial charge in [-0.05, 0) is 19.1 Å². The predicted molar refractivity (Wildman–Crippen MR) is 71.7 cm³/mol. The fourth-order valence-corrected chi connectivity index (χ4v) is 2.91. The highest BCUT2D eigenvalue weighted by atomic mass is 32.2. The predicted octanol–water partition coefficient (Wildman–Crippen LogP) is 0.715. The van der Waals surface area contributed by atoms with Gasteiger partial charge in [-0.15, -0.1) is 0 Å². The number of halogens is 1. The van der Waals surface area contributed by atoms with Gasteiger partial charge >= 0.3 is 0 Å². The van der Waals surface area contributed by atoms with E-state index in [0.717, 1.165) is 5.56 Å². The molecule has 0 aromatic heterocycles. The molecule has 1 heterocycles. The molecule has 0 saturated carbocycles. The van der Waals surface area contributed by atoms with Crippen LogP contribution in [0.2, 0.25) is 0 Å². The van der Waals surface area contributed by atoms with Gasteiger partial charge < -0.3 is 5.11 Å². The average Bonchev–Trinajstić information content (AvgIpc) is 2.37. The largest absolute Gasteiger partial charge is 0.395 e. The van der Waals surface area contributed by atoms with E-state index in [2.05, 4.69) is 0 Å². The van der Waals surface area contributed by atoms with Crippen molar-refractivity contribution in [1.29, 1.82) is 0 Å². The number of aryl methyl sites for hydroxylation is 1. The number of rotatable bonds is 6. The second-order valence-electron chi connectivity index (χ2n) is 4.94. The normalized spacial score (nSPS) is 18.8. The van der Waals surface area contributed by atoms with E-state index in [1.807, 2.05) is 6.92 Å². The van der Waals surface area contributed by atoms with Crippen LogP contribution in [0.1, 0.15) is 5.56 Å². The van der Waals surface area contributed by atoms with Gasteiger partial charge in [0.1, 0.15) is 6.17 Å². The molecule has 1 aliphatic rings. The summed E-state index contributed by atoms with van der Waals surface area (Å²) in [5, 5.41) is 9.21. The first-order chi connectivity index (χ1) is 9.42. The van der Waals surface area contributed by atoms with E-state index < -0.39 is 22.3 Å². The van der Waals surface area contributed by atoms with Crippen LogP contribution in [-0.4, -0.2) is 56.9 Å². The molecule has 0 spiro atoms. The lowest BCUT2D eigenvalue weighted by molar-refractivity contribution is -0.0103. The molecule has 20 heavy (non-hydrogen) atoms. The Labute approximate surface area is 118 Å². The van der Waals surface area contributed by atoms with Gasteiger partial charge in [0.05, 0.1) is 24.2 Å². The number of hydrogen-bond acceptors (Lipinski definition) is 5. The molecule has 0 radical (unpaired) electrons. The number of nitrogens with zero attached hydrogens (tertiary/aromatic N) is 1. The van der Waals surface area contributed by atoms with Crippen LogP contribution in [0.25, 0.3) is 0 Å². The topological polar surface area (TPSA) is 66.8 Å². The second kappa shape index (κ2) is 6.17. The summed E-state index contributed by atoms with van der Waals surface area (Å²) in [5.74, 6) is 0. The van der Waals surface area contributed by atoms with Crippen molar-refractivity contribution < 1.29 is 22.1 Å². The van der Waals surface area contributed by atoms with E-state index in [1.165, 1.54) is 12.1 Å². The molecule has 1 N–H and O–H groups in total. The van der Waals surface area contributed by atoms with Crippen molar-refractivity contribution in [3.63, 3.8) is 0 Å². The summed E-state index contributed by atoms with van der Waals surface area (Å²) >= 11 is 0.